The predicted molar refractivity (Wildman–Crippen MR) is 140 cm³/mol. The van der Waals surface area contributed by atoms with Crippen molar-refractivity contribution in [1.29, 1.82) is 0 Å². The zero-order valence-electron chi connectivity index (χ0n) is 18.3. The lowest BCUT2D eigenvalue weighted by Crippen LogP contribution is -2.09. The summed E-state index contributed by atoms with van der Waals surface area (Å²) in [6, 6.07) is 40.3. The number of anilines is 3. The van der Waals surface area contributed by atoms with Gasteiger partial charge in [0.15, 0.2) is 6.29 Å². The number of para-hydroxylation sites is 2. The topological polar surface area (TPSA) is 45.0 Å². The third-order valence-electron chi connectivity index (χ3n) is 5.31. The van der Waals surface area contributed by atoms with E-state index in [0.717, 1.165) is 50.0 Å². The third kappa shape index (κ3) is 4.85. The Labute approximate surface area is 202 Å². The smallest absolute Gasteiger partial charge is 0.160 e. The van der Waals surface area contributed by atoms with Gasteiger partial charge in [-0.3, -0.25) is 4.79 Å². The fourth-order valence-electron chi connectivity index (χ4n) is 3.65. The molecule has 0 amide bonds. The largest absolute Gasteiger partial charge is 0.311 e. The molecule has 164 valence electrons. The number of carbonyl (C=O) groups is 1. The Bertz CT molecular complexity index is 1350. The summed E-state index contributed by atoms with van der Waals surface area (Å²) in [6.07, 6.45) is 0.876. The van der Waals surface area contributed by atoms with Crippen molar-refractivity contribution in [1.82, 2.24) is 0 Å². The Morgan fingerprint density at radius 3 is 1.56 bits per heavy atom. The molecule has 0 atom stereocenters. The van der Waals surface area contributed by atoms with Crippen molar-refractivity contribution < 1.29 is 4.79 Å². The fourth-order valence-corrected chi connectivity index (χ4v) is 4.48. The highest BCUT2D eigenvalue weighted by atomic mass is 32.1. The molecule has 5 rings (SSSR count). The molecule has 0 aliphatic carbocycles. The molecule has 0 spiro atoms. The molecule has 0 aliphatic heterocycles. The van der Waals surface area contributed by atoms with Gasteiger partial charge >= 0.3 is 0 Å². The molecule has 0 radical (unpaired) electrons. The maximum atomic E-state index is 10.9. The first-order chi connectivity index (χ1) is 16.8. The van der Waals surface area contributed by atoms with Crippen molar-refractivity contribution in [3.8, 4) is 10.4 Å². The van der Waals surface area contributed by atoms with E-state index in [0.29, 0.717) is 0 Å². The Morgan fingerprint density at radius 2 is 1.06 bits per heavy atom. The fraction of sp³-hybridized carbons (Fsp3) is 0. The van der Waals surface area contributed by atoms with Crippen LogP contribution >= 0.6 is 11.3 Å². The maximum absolute atomic E-state index is 10.9. The second kappa shape index (κ2) is 10.1. The van der Waals surface area contributed by atoms with E-state index in [2.05, 4.69) is 51.5 Å². The number of carbonyl (C=O) groups excluding carboxylic acids is 1. The third-order valence-corrected chi connectivity index (χ3v) is 6.37. The van der Waals surface area contributed by atoms with Crippen LogP contribution in [0.15, 0.2) is 132 Å². The molecule has 0 unspecified atom stereocenters. The van der Waals surface area contributed by atoms with Crippen molar-refractivity contribution in [2.24, 2.45) is 10.2 Å². The van der Waals surface area contributed by atoms with Gasteiger partial charge in [0.1, 0.15) is 0 Å². The number of thiophene rings is 1. The van der Waals surface area contributed by atoms with Crippen LogP contribution in [-0.4, -0.2) is 6.29 Å². The van der Waals surface area contributed by atoms with E-state index in [1.165, 1.54) is 11.3 Å². The van der Waals surface area contributed by atoms with Gasteiger partial charge in [-0.25, -0.2) is 0 Å². The van der Waals surface area contributed by atoms with Crippen LogP contribution in [0.25, 0.3) is 10.4 Å². The molecule has 34 heavy (non-hydrogen) atoms. The zero-order chi connectivity index (χ0) is 23.2. The maximum Gasteiger partial charge on any atom is 0.160 e. The number of benzene rings is 4. The van der Waals surface area contributed by atoms with Crippen LogP contribution in [0.5, 0.6) is 0 Å². The van der Waals surface area contributed by atoms with Crippen LogP contribution in [0.3, 0.4) is 0 Å². The van der Waals surface area contributed by atoms with Crippen LogP contribution in [0.1, 0.15) is 9.67 Å². The lowest BCUT2D eigenvalue weighted by molar-refractivity contribution is 0.112. The SMILES string of the molecule is O=Cc1ccc(-c2ccc(N=Nc3ccc(N(c4ccccc4)c4ccccc4)cc3)cc2)s1. The molecule has 1 aromatic heterocycles. The van der Waals surface area contributed by atoms with Gasteiger partial charge in [-0.15, -0.1) is 11.3 Å². The highest BCUT2D eigenvalue weighted by Crippen LogP contribution is 2.35. The second-order valence-electron chi connectivity index (χ2n) is 7.59. The standard InChI is InChI=1S/C29H21N3OS/c33-21-28-19-20-29(34-28)22-11-13-23(14-12-22)30-31-24-15-17-27(18-16-24)32(25-7-3-1-4-8-25)26-9-5-2-6-10-26/h1-21H. The van der Waals surface area contributed by atoms with Crippen molar-refractivity contribution in [3.05, 3.63) is 126 Å². The average molecular weight is 460 g/mol. The number of hydrogen-bond donors (Lipinski definition) is 0. The number of azo groups is 1. The lowest BCUT2D eigenvalue weighted by atomic mass is 10.2. The molecule has 4 aromatic carbocycles. The summed E-state index contributed by atoms with van der Waals surface area (Å²) < 4.78 is 0. The van der Waals surface area contributed by atoms with Crippen molar-refractivity contribution in [3.63, 3.8) is 0 Å². The molecule has 0 saturated heterocycles. The second-order valence-corrected chi connectivity index (χ2v) is 8.71. The van der Waals surface area contributed by atoms with Gasteiger partial charge in [-0.2, -0.15) is 10.2 Å². The molecule has 0 fully saturated rings. The van der Waals surface area contributed by atoms with Crippen LogP contribution in [0.2, 0.25) is 0 Å². The van der Waals surface area contributed by atoms with E-state index in [1.54, 1.807) is 0 Å². The molecule has 5 aromatic rings. The van der Waals surface area contributed by atoms with Crippen molar-refractivity contribution in [2.75, 3.05) is 4.90 Å². The Balaban J connectivity index is 1.34. The first-order valence-electron chi connectivity index (χ1n) is 10.9. The monoisotopic (exact) mass is 459 g/mol. The highest BCUT2D eigenvalue weighted by Gasteiger charge is 2.11. The van der Waals surface area contributed by atoms with Gasteiger partial charge in [-0.05, 0) is 78.4 Å². The first-order valence-corrected chi connectivity index (χ1v) is 11.7. The highest BCUT2D eigenvalue weighted by molar-refractivity contribution is 7.17. The Hall–Kier alpha value is -4.35. The summed E-state index contributed by atoms with van der Waals surface area (Å²) in [5.74, 6) is 0. The van der Waals surface area contributed by atoms with Crippen molar-refractivity contribution in [2.45, 2.75) is 0 Å². The number of aldehydes is 1. The number of hydrogen-bond acceptors (Lipinski definition) is 5. The molecule has 4 nitrogen and oxygen atoms in total. The van der Waals surface area contributed by atoms with E-state index < -0.39 is 0 Å². The van der Waals surface area contributed by atoms with Gasteiger partial charge < -0.3 is 4.90 Å². The molecule has 0 bridgehead atoms. The van der Waals surface area contributed by atoms with Gasteiger partial charge in [0.25, 0.3) is 0 Å². The summed E-state index contributed by atoms with van der Waals surface area (Å²) >= 11 is 1.48. The average Bonchev–Trinajstić information content (AvgIpc) is 3.40. The molecular formula is C29H21N3OS. The summed E-state index contributed by atoms with van der Waals surface area (Å²) in [7, 11) is 0. The van der Waals surface area contributed by atoms with E-state index in [1.807, 2.05) is 84.9 Å². The minimum absolute atomic E-state index is 0.723. The van der Waals surface area contributed by atoms with Crippen LogP contribution in [0.4, 0.5) is 28.4 Å². The summed E-state index contributed by atoms with van der Waals surface area (Å²) in [5, 5.41) is 8.79. The molecule has 5 heteroatoms. The summed E-state index contributed by atoms with van der Waals surface area (Å²) in [5.41, 5.74) is 5.84. The molecule has 0 N–H and O–H groups in total. The minimum atomic E-state index is 0.723. The first kappa shape index (κ1) is 21.5. The molecule has 0 aliphatic rings. The quantitative estimate of drug-likeness (QED) is 0.180. The summed E-state index contributed by atoms with van der Waals surface area (Å²) in [4.78, 5) is 14.9. The lowest BCUT2D eigenvalue weighted by Gasteiger charge is -2.25. The van der Waals surface area contributed by atoms with E-state index in [9.17, 15) is 4.79 Å². The molecule has 0 saturated carbocycles. The number of rotatable bonds is 7. The molecule has 1 heterocycles. The van der Waals surface area contributed by atoms with Crippen LogP contribution in [-0.2, 0) is 0 Å². The summed E-state index contributed by atoms with van der Waals surface area (Å²) in [6.45, 7) is 0. The van der Waals surface area contributed by atoms with Gasteiger partial charge in [0.05, 0.1) is 16.3 Å². The van der Waals surface area contributed by atoms with E-state index in [4.69, 9.17) is 0 Å². The minimum Gasteiger partial charge on any atom is -0.311 e. The Kier molecular flexibility index (Phi) is 6.36. The van der Waals surface area contributed by atoms with Crippen molar-refractivity contribution >= 4 is 46.1 Å². The number of nitrogens with zero attached hydrogens (tertiary/aromatic N) is 3. The normalized spacial score (nSPS) is 10.9. The van der Waals surface area contributed by atoms with Gasteiger partial charge in [0, 0.05) is 21.9 Å². The Morgan fingerprint density at radius 1 is 0.559 bits per heavy atom. The van der Waals surface area contributed by atoms with Gasteiger partial charge in [-0.1, -0.05) is 48.5 Å². The van der Waals surface area contributed by atoms with Gasteiger partial charge in [0.2, 0.25) is 0 Å². The predicted octanol–water partition coefficient (Wildman–Crippen LogP) is 9.11. The van der Waals surface area contributed by atoms with Crippen LogP contribution in [0, 0.1) is 0 Å². The van der Waals surface area contributed by atoms with Crippen LogP contribution < -0.4 is 4.90 Å². The zero-order valence-corrected chi connectivity index (χ0v) is 19.1. The molecular weight excluding hydrogens is 438 g/mol. The van der Waals surface area contributed by atoms with E-state index in [-0.39, 0.29) is 0 Å². The van der Waals surface area contributed by atoms with E-state index >= 15 is 0 Å².